The van der Waals surface area contributed by atoms with Crippen LogP contribution in [-0.2, 0) is 0 Å². The third-order valence-corrected chi connectivity index (χ3v) is 3.45. The van der Waals surface area contributed by atoms with E-state index >= 15 is 0 Å². The molecule has 0 radical (unpaired) electrons. The maximum Gasteiger partial charge on any atom is 0.291 e. The molecule has 3 aromatic rings. The smallest absolute Gasteiger partial charge is 0.291 e. The molecule has 0 saturated carbocycles. The molecule has 4 N–H and O–H groups in total. The van der Waals surface area contributed by atoms with Crippen LogP contribution >= 0.6 is 12.2 Å². The molecule has 0 aliphatic carbocycles. The molecule has 3 rings (SSSR count). The molecule has 0 atom stereocenters. The van der Waals surface area contributed by atoms with Crippen molar-refractivity contribution in [1.82, 2.24) is 0 Å². The Morgan fingerprint density at radius 1 is 0.880 bits per heavy atom. The van der Waals surface area contributed by atoms with Crippen LogP contribution in [0.15, 0.2) is 71.3 Å². The SMILES string of the molecule is O=C(Nc1ccc(NC(=S)Nc2cccc(O)c2)cc1)c1ccco1. The zero-order valence-electron chi connectivity index (χ0n) is 13.0. The fraction of sp³-hybridized carbons (Fsp3) is 0. The van der Waals surface area contributed by atoms with Gasteiger partial charge in [-0.2, -0.15) is 0 Å². The maximum atomic E-state index is 11.9. The number of phenols is 1. The number of anilines is 3. The molecule has 0 saturated heterocycles. The lowest BCUT2D eigenvalue weighted by molar-refractivity contribution is 0.0996. The first-order valence-corrected chi connectivity index (χ1v) is 7.83. The van der Waals surface area contributed by atoms with Crippen molar-refractivity contribution >= 4 is 40.3 Å². The van der Waals surface area contributed by atoms with Gasteiger partial charge in [0.25, 0.3) is 5.91 Å². The highest BCUT2D eigenvalue weighted by molar-refractivity contribution is 7.80. The van der Waals surface area contributed by atoms with Crippen molar-refractivity contribution in [2.75, 3.05) is 16.0 Å². The van der Waals surface area contributed by atoms with Gasteiger partial charge in [0, 0.05) is 23.1 Å². The highest BCUT2D eigenvalue weighted by Crippen LogP contribution is 2.17. The van der Waals surface area contributed by atoms with E-state index in [9.17, 15) is 9.90 Å². The summed E-state index contributed by atoms with van der Waals surface area (Å²) < 4.78 is 5.04. The number of carbonyl (C=O) groups excluding carboxylic acids is 1. The van der Waals surface area contributed by atoms with Crippen molar-refractivity contribution < 1.29 is 14.3 Å². The fourth-order valence-electron chi connectivity index (χ4n) is 2.11. The summed E-state index contributed by atoms with van der Waals surface area (Å²) >= 11 is 5.23. The summed E-state index contributed by atoms with van der Waals surface area (Å²) in [5, 5.41) is 18.6. The minimum atomic E-state index is -0.313. The minimum Gasteiger partial charge on any atom is -0.508 e. The second kappa shape index (κ2) is 7.50. The van der Waals surface area contributed by atoms with Gasteiger partial charge < -0.3 is 25.5 Å². The van der Waals surface area contributed by atoms with Crippen LogP contribution in [0.4, 0.5) is 17.1 Å². The lowest BCUT2D eigenvalue weighted by Gasteiger charge is -2.11. The number of phenolic OH excluding ortho intramolecular Hbond substituents is 1. The number of hydrogen-bond donors (Lipinski definition) is 4. The van der Waals surface area contributed by atoms with Crippen LogP contribution in [0.3, 0.4) is 0 Å². The van der Waals surface area contributed by atoms with Crippen LogP contribution in [-0.4, -0.2) is 16.1 Å². The summed E-state index contributed by atoms with van der Waals surface area (Å²) in [6.07, 6.45) is 1.45. The number of thiocarbonyl (C=S) groups is 1. The summed E-state index contributed by atoms with van der Waals surface area (Å²) in [5.41, 5.74) is 2.08. The molecule has 0 bridgehead atoms. The topological polar surface area (TPSA) is 86.5 Å². The minimum absolute atomic E-state index is 0.157. The molecule has 1 amide bonds. The van der Waals surface area contributed by atoms with Gasteiger partial charge in [0.2, 0.25) is 0 Å². The summed E-state index contributed by atoms with van der Waals surface area (Å²) in [5.74, 6) is 0.0925. The average Bonchev–Trinajstić information content (AvgIpc) is 3.11. The molecule has 0 aliphatic rings. The Balaban J connectivity index is 1.57. The third-order valence-electron chi connectivity index (χ3n) is 3.25. The fourth-order valence-corrected chi connectivity index (χ4v) is 2.35. The quantitative estimate of drug-likeness (QED) is 0.530. The van der Waals surface area contributed by atoms with E-state index in [1.807, 2.05) is 0 Å². The Bertz CT molecular complexity index is 877. The molecule has 0 fully saturated rings. The third kappa shape index (κ3) is 4.58. The van der Waals surface area contributed by atoms with Gasteiger partial charge in [-0.3, -0.25) is 4.79 Å². The highest BCUT2D eigenvalue weighted by atomic mass is 32.1. The zero-order chi connectivity index (χ0) is 17.6. The van der Waals surface area contributed by atoms with E-state index in [1.54, 1.807) is 60.7 Å². The number of rotatable bonds is 4. The van der Waals surface area contributed by atoms with E-state index in [0.29, 0.717) is 16.5 Å². The number of hydrogen-bond acceptors (Lipinski definition) is 4. The van der Waals surface area contributed by atoms with Crippen molar-refractivity contribution in [2.24, 2.45) is 0 Å². The molecule has 0 unspecified atom stereocenters. The van der Waals surface area contributed by atoms with Crippen LogP contribution in [0, 0.1) is 0 Å². The van der Waals surface area contributed by atoms with Crippen molar-refractivity contribution in [3.63, 3.8) is 0 Å². The Kier molecular flexibility index (Phi) is 4.96. The predicted molar refractivity (Wildman–Crippen MR) is 101 cm³/mol. The predicted octanol–water partition coefficient (Wildman–Crippen LogP) is 4.05. The summed E-state index contributed by atoms with van der Waals surface area (Å²) in [6, 6.07) is 17.0. The Morgan fingerprint density at radius 2 is 1.56 bits per heavy atom. The van der Waals surface area contributed by atoms with E-state index < -0.39 is 0 Å². The van der Waals surface area contributed by atoms with E-state index in [4.69, 9.17) is 16.6 Å². The molecule has 7 heteroatoms. The van der Waals surface area contributed by atoms with Crippen LogP contribution < -0.4 is 16.0 Å². The van der Waals surface area contributed by atoms with E-state index in [0.717, 1.165) is 5.69 Å². The molecule has 1 aromatic heterocycles. The van der Waals surface area contributed by atoms with Crippen molar-refractivity contribution in [3.8, 4) is 5.75 Å². The Labute approximate surface area is 149 Å². The molecule has 0 aliphatic heterocycles. The Morgan fingerprint density at radius 3 is 2.20 bits per heavy atom. The standard InChI is InChI=1S/C18H15N3O3S/c22-15-4-1-3-14(11-15)21-18(25)20-13-8-6-12(7-9-13)19-17(23)16-5-2-10-24-16/h1-11,22H,(H,19,23)(H2,20,21,25). The lowest BCUT2D eigenvalue weighted by Crippen LogP contribution is -2.19. The first kappa shape index (κ1) is 16.5. The van der Waals surface area contributed by atoms with Crippen molar-refractivity contribution in [2.45, 2.75) is 0 Å². The van der Waals surface area contributed by atoms with Crippen LogP contribution in [0.5, 0.6) is 5.75 Å². The van der Waals surface area contributed by atoms with Crippen molar-refractivity contribution in [1.29, 1.82) is 0 Å². The zero-order valence-corrected chi connectivity index (χ0v) is 13.8. The van der Waals surface area contributed by atoms with E-state index in [2.05, 4.69) is 16.0 Å². The van der Waals surface area contributed by atoms with Crippen LogP contribution in [0.1, 0.15) is 10.6 Å². The van der Waals surface area contributed by atoms with E-state index in [-0.39, 0.29) is 17.4 Å². The number of benzene rings is 2. The van der Waals surface area contributed by atoms with Crippen LogP contribution in [0.25, 0.3) is 0 Å². The number of carbonyl (C=O) groups is 1. The highest BCUT2D eigenvalue weighted by Gasteiger charge is 2.08. The monoisotopic (exact) mass is 353 g/mol. The number of amides is 1. The number of furan rings is 1. The number of nitrogens with one attached hydrogen (secondary N) is 3. The second-order valence-electron chi connectivity index (χ2n) is 5.14. The normalized spacial score (nSPS) is 10.1. The molecular formula is C18H15N3O3S. The van der Waals surface area contributed by atoms with Crippen molar-refractivity contribution in [3.05, 3.63) is 72.7 Å². The maximum absolute atomic E-state index is 11.9. The molecule has 0 spiro atoms. The van der Waals surface area contributed by atoms with Gasteiger partial charge in [0.1, 0.15) is 5.75 Å². The molecule has 25 heavy (non-hydrogen) atoms. The van der Waals surface area contributed by atoms with Gasteiger partial charge in [-0.15, -0.1) is 0 Å². The lowest BCUT2D eigenvalue weighted by atomic mass is 10.2. The van der Waals surface area contributed by atoms with Gasteiger partial charge in [-0.05, 0) is 60.7 Å². The van der Waals surface area contributed by atoms with Gasteiger partial charge in [-0.25, -0.2) is 0 Å². The van der Waals surface area contributed by atoms with Gasteiger partial charge in [0.15, 0.2) is 10.9 Å². The van der Waals surface area contributed by atoms with E-state index in [1.165, 1.54) is 6.26 Å². The second-order valence-corrected chi connectivity index (χ2v) is 5.55. The molecule has 126 valence electrons. The van der Waals surface area contributed by atoms with Gasteiger partial charge in [-0.1, -0.05) is 6.07 Å². The average molecular weight is 353 g/mol. The molecule has 6 nitrogen and oxygen atoms in total. The van der Waals surface area contributed by atoms with Crippen LogP contribution in [0.2, 0.25) is 0 Å². The van der Waals surface area contributed by atoms with Gasteiger partial charge >= 0.3 is 0 Å². The number of aromatic hydroxyl groups is 1. The summed E-state index contributed by atoms with van der Waals surface area (Å²) in [7, 11) is 0. The van der Waals surface area contributed by atoms with Gasteiger partial charge in [0.05, 0.1) is 6.26 Å². The largest absolute Gasteiger partial charge is 0.508 e. The summed E-state index contributed by atoms with van der Waals surface area (Å²) in [6.45, 7) is 0. The molecule has 2 aromatic carbocycles. The Hall–Kier alpha value is -3.32. The summed E-state index contributed by atoms with van der Waals surface area (Å²) in [4.78, 5) is 11.9. The first-order chi connectivity index (χ1) is 12.1. The molecular weight excluding hydrogens is 338 g/mol. The molecule has 1 heterocycles. The first-order valence-electron chi connectivity index (χ1n) is 7.42.